The summed E-state index contributed by atoms with van der Waals surface area (Å²) in [6, 6.07) is 0.295. The monoisotopic (exact) mass is 252 g/mol. The van der Waals surface area contributed by atoms with Gasteiger partial charge in [0, 0.05) is 25.6 Å². The van der Waals surface area contributed by atoms with Crippen LogP contribution in [0.3, 0.4) is 0 Å². The molecule has 1 heterocycles. The molecule has 2 fully saturated rings. The van der Waals surface area contributed by atoms with Crippen LogP contribution in [-0.2, 0) is 4.79 Å². The molecule has 0 aromatic heterocycles. The largest absolute Gasteiger partial charge is 0.338 e. The lowest BCUT2D eigenvalue weighted by molar-refractivity contribution is -0.132. The highest BCUT2D eigenvalue weighted by atomic mass is 16.2. The third-order valence-corrected chi connectivity index (χ3v) is 4.94. The third kappa shape index (κ3) is 3.25. The van der Waals surface area contributed by atoms with E-state index in [1.807, 2.05) is 4.90 Å². The number of nitrogens with two attached hydrogens (primary N) is 1. The van der Waals surface area contributed by atoms with Crippen molar-refractivity contribution in [1.29, 1.82) is 0 Å². The summed E-state index contributed by atoms with van der Waals surface area (Å²) in [7, 11) is 0. The van der Waals surface area contributed by atoms with Gasteiger partial charge in [-0.15, -0.1) is 0 Å². The van der Waals surface area contributed by atoms with E-state index in [-0.39, 0.29) is 0 Å². The zero-order valence-electron chi connectivity index (χ0n) is 11.7. The molecule has 0 radical (unpaired) electrons. The molecular formula is C15H28N2O. The van der Waals surface area contributed by atoms with Crippen molar-refractivity contribution in [1.82, 2.24) is 4.90 Å². The summed E-state index contributed by atoms with van der Waals surface area (Å²) in [5.74, 6) is 1.73. The van der Waals surface area contributed by atoms with Gasteiger partial charge in [-0.1, -0.05) is 39.0 Å². The van der Waals surface area contributed by atoms with Gasteiger partial charge in [-0.3, -0.25) is 4.79 Å². The minimum Gasteiger partial charge on any atom is -0.338 e. The van der Waals surface area contributed by atoms with Crippen molar-refractivity contribution in [3.63, 3.8) is 0 Å². The van der Waals surface area contributed by atoms with Gasteiger partial charge in [0.25, 0.3) is 0 Å². The Morgan fingerprint density at radius 3 is 2.61 bits per heavy atom. The molecule has 1 aliphatic heterocycles. The molecule has 3 nitrogen and oxygen atoms in total. The maximum absolute atomic E-state index is 12.3. The highest BCUT2D eigenvalue weighted by molar-refractivity contribution is 5.76. The molecule has 0 bridgehead atoms. The van der Waals surface area contributed by atoms with E-state index in [9.17, 15) is 4.79 Å². The summed E-state index contributed by atoms with van der Waals surface area (Å²) in [5.41, 5.74) is 5.80. The summed E-state index contributed by atoms with van der Waals surface area (Å²) < 4.78 is 0. The third-order valence-electron chi connectivity index (χ3n) is 4.94. The first-order chi connectivity index (χ1) is 8.72. The standard InChI is InChI=1S/C15H28N2O/c1-12-9-10-17(14(12)11-16)15(18)8-7-13-5-3-2-4-6-13/h12-14H,2-11,16H2,1H3. The lowest BCUT2D eigenvalue weighted by Gasteiger charge is -2.27. The van der Waals surface area contributed by atoms with Crippen LogP contribution < -0.4 is 5.73 Å². The average molecular weight is 252 g/mol. The molecule has 3 heteroatoms. The zero-order chi connectivity index (χ0) is 13.0. The maximum atomic E-state index is 12.3. The normalized spacial score (nSPS) is 29.8. The van der Waals surface area contributed by atoms with Gasteiger partial charge >= 0.3 is 0 Å². The number of hydrogen-bond donors (Lipinski definition) is 1. The number of carbonyl (C=O) groups excluding carboxylic acids is 1. The maximum Gasteiger partial charge on any atom is 0.222 e. The molecule has 2 N–H and O–H groups in total. The molecule has 2 atom stereocenters. The Morgan fingerprint density at radius 2 is 1.94 bits per heavy atom. The fourth-order valence-electron chi connectivity index (χ4n) is 3.62. The predicted molar refractivity (Wildman–Crippen MR) is 74.1 cm³/mol. The lowest BCUT2D eigenvalue weighted by atomic mass is 9.86. The summed E-state index contributed by atoms with van der Waals surface area (Å²) in [6.45, 7) is 3.76. The summed E-state index contributed by atoms with van der Waals surface area (Å²) >= 11 is 0. The molecule has 18 heavy (non-hydrogen) atoms. The van der Waals surface area contributed by atoms with Crippen LogP contribution in [0.15, 0.2) is 0 Å². The first kappa shape index (κ1) is 13.9. The van der Waals surface area contributed by atoms with E-state index in [0.29, 0.717) is 24.4 Å². The quantitative estimate of drug-likeness (QED) is 0.835. The van der Waals surface area contributed by atoms with Crippen molar-refractivity contribution in [2.45, 2.75) is 64.3 Å². The van der Waals surface area contributed by atoms with Gasteiger partial charge in [0.05, 0.1) is 0 Å². The van der Waals surface area contributed by atoms with E-state index in [0.717, 1.165) is 31.7 Å². The van der Waals surface area contributed by atoms with Crippen molar-refractivity contribution >= 4 is 5.91 Å². The number of carbonyl (C=O) groups is 1. The SMILES string of the molecule is CC1CCN(C(=O)CCC2CCCCC2)C1CN. The van der Waals surface area contributed by atoms with Crippen molar-refractivity contribution < 1.29 is 4.79 Å². The van der Waals surface area contributed by atoms with E-state index in [1.165, 1.54) is 32.1 Å². The Hall–Kier alpha value is -0.570. The Balaban J connectivity index is 1.77. The highest BCUT2D eigenvalue weighted by Crippen LogP contribution is 2.29. The molecule has 1 saturated heterocycles. The first-order valence-corrected chi connectivity index (χ1v) is 7.72. The predicted octanol–water partition coefficient (Wildman–Crippen LogP) is 2.54. The number of rotatable bonds is 4. The number of amides is 1. The number of hydrogen-bond acceptors (Lipinski definition) is 2. The molecule has 2 aliphatic rings. The van der Waals surface area contributed by atoms with Gasteiger partial charge in [-0.25, -0.2) is 0 Å². The fraction of sp³-hybridized carbons (Fsp3) is 0.933. The molecule has 0 spiro atoms. The van der Waals surface area contributed by atoms with Crippen LogP contribution in [0.25, 0.3) is 0 Å². The molecular weight excluding hydrogens is 224 g/mol. The van der Waals surface area contributed by atoms with Crippen molar-refractivity contribution in [2.75, 3.05) is 13.1 Å². The molecule has 1 amide bonds. The first-order valence-electron chi connectivity index (χ1n) is 7.72. The molecule has 1 saturated carbocycles. The van der Waals surface area contributed by atoms with Crippen LogP contribution in [0.2, 0.25) is 0 Å². The molecule has 104 valence electrons. The van der Waals surface area contributed by atoms with Crippen molar-refractivity contribution in [3.8, 4) is 0 Å². The highest BCUT2D eigenvalue weighted by Gasteiger charge is 2.33. The van der Waals surface area contributed by atoms with Crippen LogP contribution in [0, 0.1) is 11.8 Å². The molecule has 0 aromatic rings. The summed E-state index contributed by atoms with van der Waals surface area (Å²) in [5, 5.41) is 0. The van der Waals surface area contributed by atoms with E-state index >= 15 is 0 Å². The number of nitrogens with zero attached hydrogens (tertiary/aromatic N) is 1. The van der Waals surface area contributed by atoms with Gasteiger partial charge < -0.3 is 10.6 Å². The summed E-state index contributed by atoms with van der Waals surface area (Å²) in [4.78, 5) is 14.3. The van der Waals surface area contributed by atoms with E-state index < -0.39 is 0 Å². The van der Waals surface area contributed by atoms with Crippen LogP contribution in [0.4, 0.5) is 0 Å². The molecule has 2 unspecified atom stereocenters. The van der Waals surface area contributed by atoms with Gasteiger partial charge in [-0.2, -0.15) is 0 Å². The van der Waals surface area contributed by atoms with Gasteiger partial charge in [-0.05, 0) is 24.7 Å². The van der Waals surface area contributed by atoms with Crippen molar-refractivity contribution in [2.24, 2.45) is 17.6 Å². The molecule has 1 aliphatic carbocycles. The van der Waals surface area contributed by atoms with E-state index in [1.54, 1.807) is 0 Å². The van der Waals surface area contributed by atoms with Crippen molar-refractivity contribution in [3.05, 3.63) is 0 Å². The Morgan fingerprint density at radius 1 is 1.22 bits per heavy atom. The minimum atomic E-state index is 0.295. The van der Waals surface area contributed by atoms with Gasteiger partial charge in [0.2, 0.25) is 5.91 Å². The average Bonchev–Trinajstić information content (AvgIpc) is 2.78. The topological polar surface area (TPSA) is 46.3 Å². The van der Waals surface area contributed by atoms with Gasteiger partial charge in [0.15, 0.2) is 0 Å². The lowest BCUT2D eigenvalue weighted by Crippen LogP contribution is -2.42. The summed E-state index contributed by atoms with van der Waals surface area (Å²) in [6.07, 6.45) is 9.76. The smallest absolute Gasteiger partial charge is 0.222 e. The molecule has 0 aromatic carbocycles. The van der Waals surface area contributed by atoms with Crippen LogP contribution in [-0.4, -0.2) is 29.9 Å². The zero-order valence-corrected chi connectivity index (χ0v) is 11.7. The molecule has 2 rings (SSSR count). The minimum absolute atomic E-state index is 0.295. The van der Waals surface area contributed by atoms with Crippen LogP contribution in [0.5, 0.6) is 0 Å². The van der Waals surface area contributed by atoms with Crippen LogP contribution in [0.1, 0.15) is 58.3 Å². The Labute approximate surface area is 111 Å². The second-order valence-corrected chi connectivity index (χ2v) is 6.20. The fourth-order valence-corrected chi connectivity index (χ4v) is 3.62. The van der Waals surface area contributed by atoms with Crippen LogP contribution >= 0.6 is 0 Å². The second-order valence-electron chi connectivity index (χ2n) is 6.20. The van der Waals surface area contributed by atoms with Gasteiger partial charge in [0.1, 0.15) is 0 Å². The second kappa shape index (κ2) is 6.55. The van der Waals surface area contributed by atoms with E-state index in [4.69, 9.17) is 5.73 Å². The Bertz CT molecular complexity index is 274. The Kier molecular flexibility index (Phi) is 5.04. The number of likely N-dealkylation sites (tertiary alicyclic amines) is 1. The van der Waals surface area contributed by atoms with E-state index in [2.05, 4.69) is 6.92 Å².